The molecule has 6 nitrogen and oxygen atoms in total. The van der Waals surface area contributed by atoms with Crippen molar-refractivity contribution in [3.8, 4) is 0 Å². The Morgan fingerprint density at radius 1 is 1.26 bits per heavy atom. The normalized spacial score (nSPS) is 20.5. The van der Waals surface area contributed by atoms with E-state index in [-0.39, 0.29) is 17.9 Å². The summed E-state index contributed by atoms with van der Waals surface area (Å²) in [5, 5.41) is 9.26. The molecule has 0 bridgehead atoms. The van der Waals surface area contributed by atoms with Crippen LogP contribution in [-0.4, -0.2) is 43.5 Å². The van der Waals surface area contributed by atoms with Crippen molar-refractivity contribution < 1.29 is 9.59 Å². The number of nitrogens with zero attached hydrogens (tertiary/aromatic N) is 1. The summed E-state index contributed by atoms with van der Waals surface area (Å²) in [5.41, 5.74) is 1.94. The van der Waals surface area contributed by atoms with Crippen molar-refractivity contribution in [2.45, 2.75) is 64.0 Å². The Kier molecular flexibility index (Phi) is 7.10. The molecule has 6 heteroatoms. The highest BCUT2D eigenvalue weighted by Crippen LogP contribution is 2.23. The van der Waals surface area contributed by atoms with Gasteiger partial charge in [0.2, 0.25) is 11.8 Å². The van der Waals surface area contributed by atoms with Crippen LogP contribution in [0.4, 0.5) is 11.4 Å². The van der Waals surface area contributed by atoms with Gasteiger partial charge in [0.1, 0.15) is 6.04 Å². The second-order valence-corrected chi connectivity index (χ2v) is 7.64. The monoisotopic (exact) mass is 372 g/mol. The smallest absolute Gasteiger partial charge is 0.246 e. The molecule has 1 aromatic carbocycles. The SMILES string of the molecule is CCCC(NC(=O)CC1CCCN1)C(=O)Nc1cccc(N2CCCC2)c1. The zero-order chi connectivity index (χ0) is 19.1. The van der Waals surface area contributed by atoms with Crippen LogP contribution in [0.15, 0.2) is 24.3 Å². The minimum Gasteiger partial charge on any atom is -0.371 e. The van der Waals surface area contributed by atoms with E-state index in [1.165, 1.54) is 12.8 Å². The van der Waals surface area contributed by atoms with E-state index in [2.05, 4.69) is 26.9 Å². The van der Waals surface area contributed by atoms with Crippen LogP contribution in [0.3, 0.4) is 0 Å². The predicted molar refractivity (Wildman–Crippen MR) is 109 cm³/mol. The van der Waals surface area contributed by atoms with Gasteiger partial charge in [-0.3, -0.25) is 9.59 Å². The zero-order valence-corrected chi connectivity index (χ0v) is 16.3. The molecule has 3 N–H and O–H groups in total. The molecule has 0 saturated carbocycles. The molecule has 0 spiro atoms. The van der Waals surface area contributed by atoms with E-state index in [0.29, 0.717) is 12.8 Å². The maximum atomic E-state index is 12.8. The van der Waals surface area contributed by atoms with Gasteiger partial charge in [-0.15, -0.1) is 0 Å². The summed E-state index contributed by atoms with van der Waals surface area (Å²) >= 11 is 0. The summed E-state index contributed by atoms with van der Waals surface area (Å²) in [4.78, 5) is 27.4. The first kappa shape index (κ1) is 19.7. The minimum atomic E-state index is -0.487. The number of carbonyl (C=O) groups is 2. The van der Waals surface area contributed by atoms with E-state index in [9.17, 15) is 9.59 Å². The van der Waals surface area contributed by atoms with Crippen molar-refractivity contribution in [2.24, 2.45) is 0 Å². The Morgan fingerprint density at radius 2 is 2.07 bits per heavy atom. The molecular formula is C21H32N4O2. The molecule has 2 fully saturated rings. The third-order valence-electron chi connectivity index (χ3n) is 5.41. The van der Waals surface area contributed by atoms with Gasteiger partial charge in [-0.05, 0) is 56.8 Å². The van der Waals surface area contributed by atoms with E-state index in [1.54, 1.807) is 0 Å². The van der Waals surface area contributed by atoms with E-state index in [4.69, 9.17) is 0 Å². The maximum absolute atomic E-state index is 12.8. The average molecular weight is 373 g/mol. The van der Waals surface area contributed by atoms with Gasteiger partial charge in [-0.25, -0.2) is 0 Å². The largest absolute Gasteiger partial charge is 0.371 e. The van der Waals surface area contributed by atoms with Crippen molar-refractivity contribution in [1.82, 2.24) is 10.6 Å². The Bertz CT molecular complexity index is 637. The fourth-order valence-electron chi connectivity index (χ4n) is 3.95. The molecule has 27 heavy (non-hydrogen) atoms. The van der Waals surface area contributed by atoms with Crippen LogP contribution in [0.5, 0.6) is 0 Å². The summed E-state index contributed by atoms with van der Waals surface area (Å²) in [5.74, 6) is -0.183. The lowest BCUT2D eigenvalue weighted by atomic mass is 10.1. The Hall–Kier alpha value is -2.08. The van der Waals surface area contributed by atoms with Gasteiger partial charge in [0, 0.05) is 36.9 Å². The molecule has 2 saturated heterocycles. The summed E-state index contributed by atoms with van der Waals surface area (Å²) in [6.45, 7) is 5.14. The quantitative estimate of drug-likeness (QED) is 0.656. The summed E-state index contributed by atoms with van der Waals surface area (Å²) in [7, 11) is 0. The first-order valence-electron chi connectivity index (χ1n) is 10.3. The highest BCUT2D eigenvalue weighted by molar-refractivity contribution is 5.97. The van der Waals surface area contributed by atoms with E-state index < -0.39 is 6.04 Å². The van der Waals surface area contributed by atoms with Gasteiger partial charge in [0.05, 0.1) is 0 Å². The number of rotatable bonds is 8. The molecular weight excluding hydrogens is 340 g/mol. The molecule has 2 unspecified atom stereocenters. The first-order valence-corrected chi connectivity index (χ1v) is 10.3. The first-order chi connectivity index (χ1) is 13.2. The highest BCUT2D eigenvalue weighted by atomic mass is 16.2. The number of hydrogen-bond acceptors (Lipinski definition) is 4. The molecule has 2 atom stereocenters. The van der Waals surface area contributed by atoms with E-state index in [0.717, 1.165) is 50.3 Å². The van der Waals surface area contributed by atoms with Crippen molar-refractivity contribution in [2.75, 3.05) is 29.9 Å². The lowest BCUT2D eigenvalue weighted by Gasteiger charge is -2.21. The second kappa shape index (κ2) is 9.74. The van der Waals surface area contributed by atoms with Gasteiger partial charge >= 0.3 is 0 Å². The topological polar surface area (TPSA) is 73.5 Å². The van der Waals surface area contributed by atoms with Gasteiger partial charge in [0.25, 0.3) is 0 Å². The number of carbonyl (C=O) groups excluding carboxylic acids is 2. The van der Waals surface area contributed by atoms with Crippen molar-refractivity contribution >= 4 is 23.2 Å². The number of amides is 2. The van der Waals surface area contributed by atoms with Crippen LogP contribution in [0.2, 0.25) is 0 Å². The number of anilines is 2. The molecule has 2 aliphatic rings. The molecule has 148 valence electrons. The summed E-state index contributed by atoms with van der Waals surface area (Å²) in [6, 6.07) is 7.75. The molecule has 2 heterocycles. The fraction of sp³-hybridized carbons (Fsp3) is 0.619. The average Bonchev–Trinajstić information content (AvgIpc) is 3.35. The summed E-state index contributed by atoms with van der Waals surface area (Å²) < 4.78 is 0. The zero-order valence-electron chi connectivity index (χ0n) is 16.3. The molecule has 2 amide bonds. The van der Waals surface area contributed by atoms with Crippen LogP contribution in [0.1, 0.15) is 51.9 Å². The second-order valence-electron chi connectivity index (χ2n) is 7.64. The molecule has 1 aromatic rings. The maximum Gasteiger partial charge on any atom is 0.246 e. The number of hydrogen-bond donors (Lipinski definition) is 3. The molecule has 0 aliphatic carbocycles. The lowest BCUT2D eigenvalue weighted by Crippen LogP contribution is -2.45. The number of benzene rings is 1. The van der Waals surface area contributed by atoms with E-state index >= 15 is 0 Å². The fourth-order valence-corrected chi connectivity index (χ4v) is 3.95. The molecule has 2 aliphatic heterocycles. The van der Waals surface area contributed by atoms with Crippen molar-refractivity contribution in [1.29, 1.82) is 0 Å². The lowest BCUT2D eigenvalue weighted by molar-refractivity contribution is -0.127. The van der Waals surface area contributed by atoms with Crippen LogP contribution in [-0.2, 0) is 9.59 Å². The van der Waals surface area contributed by atoms with Gasteiger partial charge in [-0.1, -0.05) is 19.4 Å². The van der Waals surface area contributed by atoms with Gasteiger partial charge in [-0.2, -0.15) is 0 Å². The van der Waals surface area contributed by atoms with Crippen LogP contribution < -0.4 is 20.9 Å². The van der Waals surface area contributed by atoms with Crippen LogP contribution >= 0.6 is 0 Å². The van der Waals surface area contributed by atoms with E-state index in [1.807, 2.05) is 25.1 Å². The minimum absolute atomic E-state index is 0.0474. The van der Waals surface area contributed by atoms with Crippen LogP contribution in [0.25, 0.3) is 0 Å². The Labute approximate surface area is 162 Å². The van der Waals surface area contributed by atoms with Gasteiger partial charge in [0.15, 0.2) is 0 Å². The van der Waals surface area contributed by atoms with Crippen molar-refractivity contribution in [3.05, 3.63) is 24.3 Å². The number of nitrogens with one attached hydrogen (secondary N) is 3. The van der Waals surface area contributed by atoms with Crippen LogP contribution in [0, 0.1) is 0 Å². The molecule has 3 rings (SSSR count). The van der Waals surface area contributed by atoms with Gasteiger partial charge < -0.3 is 20.9 Å². The molecule has 0 aromatic heterocycles. The highest BCUT2D eigenvalue weighted by Gasteiger charge is 2.23. The Balaban J connectivity index is 1.57. The predicted octanol–water partition coefficient (Wildman–Crippen LogP) is 2.65. The summed E-state index contributed by atoms with van der Waals surface area (Å²) in [6.07, 6.45) is 6.51. The third kappa shape index (κ3) is 5.70. The molecule has 0 radical (unpaired) electrons. The third-order valence-corrected chi connectivity index (χ3v) is 5.41. The van der Waals surface area contributed by atoms with Crippen molar-refractivity contribution in [3.63, 3.8) is 0 Å². The Morgan fingerprint density at radius 3 is 2.78 bits per heavy atom. The standard InChI is InChI=1S/C21H32N4O2/c1-2-7-19(24-20(26)15-16-9-6-11-22-16)21(27)23-17-8-5-10-18(14-17)25-12-3-4-13-25/h5,8,10,14,16,19,22H,2-4,6-7,9,11-13,15H2,1H3,(H,23,27)(H,24,26).